The van der Waals surface area contributed by atoms with Crippen LogP contribution in [0.15, 0.2) is 24.5 Å². The molecule has 1 aliphatic carbocycles. The summed E-state index contributed by atoms with van der Waals surface area (Å²) in [6.07, 6.45) is 13.5. The molecular weight excluding hydrogens is 260 g/mol. The van der Waals surface area contributed by atoms with Crippen LogP contribution in [-0.4, -0.2) is 42.2 Å². The molecule has 21 heavy (non-hydrogen) atoms. The highest BCUT2D eigenvalue weighted by Gasteiger charge is 2.24. The first kappa shape index (κ1) is 15.0. The molecule has 0 unspecified atom stereocenters. The molecule has 3 nitrogen and oxygen atoms in total. The first-order valence-corrected chi connectivity index (χ1v) is 8.63. The first-order chi connectivity index (χ1) is 10.4. The van der Waals surface area contributed by atoms with Gasteiger partial charge >= 0.3 is 0 Å². The number of aryl methyl sites for hydroxylation is 1. The van der Waals surface area contributed by atoms with E-state index in [1.54, 1.807) is 0 Å². The van der Waals surface area contributed by atoms with Crippen LogP contribution in [0, 0.1) is 5.92 Å². The summed E-state index contributed by atoms with van der Waals surface area (Å²) in [4.78, 5) is 6.87. The molecule has 3 rings (SSSR count). The van der Waals surface area contributed by atoms with Gasteiger partial charge in [0.05, 0.1) is 6.10 Å². The third kappa shape index (κ3) is 4.79. The van der Waals surface area contributed by atoms with Gasteiger partial charge in [0.25, 0.3) is 0 Å². The SMILES string of the molecule is c1cncc(CCCN(CC2CCC2)C[C@@H]2CCCO2)c1. The van der Waals surface area contributed by atoms with Crippen molar-refractivity contribution in [3.05, 3.63) is 30.1 Å². The van der Waals surface area contributed by atoms with Gasteiger partial charge in [-0.3, -0.25) is 4.98 Å². The molecule has 1 aromatic rings. The summed E-state index contributed by atoms with van der Waals surface area (Å²) >= 11 is 0. The molecule has 1 saturated carbocycles. The Labute approximate surface area is 128 Å². The molecule has 0 bridgehead atoms. The molecule has 1 aromatic heterocycles. The zero-order valence-corrected chi connectivity index (χ0v) is 13.0. The quantitative estimate of drug-likeness (QED) is 0.734. The molecule has 1 aliphatic heterocycles. The lowest BCUT2D eigenvalue weighted by Gasteiger charge is -2.33. The van der Waals surface area contributed by atoms with Crippen LogP contribution in [0.25, 0.3) is 0 Å². The number of hydrogen-bond acceptors (Lipinski definition) is 3. The van der Waals surface area contributed by atoms with E-state index in [1.165, 1.54) is 57.2 Å². The highest BCUT2D eigenvalue weighted by atomic mass is 16.5. The third-order valence-corrected chi connectivity index (χ3v) is 4.89. The zero-order valence-electron chi connectivity index (χ0n) is 13.0. The molecule has 1 saturated heterocycles. The third-order valence-electron chi connectivity index (χ3n) is 4.89. The van der Waals surface area contributed by atoms with Crippen LogP contribution >= 0.6 is 0 Å². The van der Waals surface area contributed by atoms with Gasteiger partial charge in [-0.2, -0.15) is 0 Å². The van der Waals surface area contributed by atoms with E-state index in [-0.39, 0.29) is 0 Å². The monoisotopic (exact) mass is 288 g/mol. The normalized spacial score (nSPS) is 22.6. The van der Waals surface area contributed by atoms with Gasteiger partial charge in [-0.1, -0.05) is 12.5 Å². The Balaban J connectivity index is 1.43. The summed E-state index contributed by atoms with van der Waals surface area (Å²) in [6, 6.07) is 4.22. The van der Waals surface area contributed by atoms with Gasteiger partial charge in [0.2, 0.25) is 0 Å². The molecule has 2 heterocycles. The van der Waals surface area contributed by atoms with Gasteiger partial charge in [-0.25, -0.2) is 0 Å². The molecule has 0 N–H and O–H groups in total. The minimum Gasteiger partial charge on any atom is -0.377 e. The van der Waals surface area contributed by atoms with Crippen LogP contribution in [0.2, 0.25) is 0 Å². The van der Waals surface area contributed by atoms with Crippen LogP contribution < -0.4 is 0 Å². The van der Waals surface area contributed by atoms with E-state index in [0.29, 0.717) is 6.10 Å². The Morgan fingerprint density at radius 1 is 1.19 bits per heavy atom. The van der Waals surface area contributed by atoms with Crippen molar-refractivity contribution in [2.45, 2.75) is 51.0 Å². The standard InChI is InChI=1S/C18H28N2O/c1-5-17(6-1)14-20(15-18-9-4-12-21-18)11-3-8-16-7-2-10-19-13-16/h2,7,10,13,17-18H,1,3-6,8-9,11-12,14-15H2/t18-/m0/s1. The minimum atomic E-state index is 0.489. The summed E-state index contributed by atoms with van der Waals surface area (Å²) in [5, 5.41) is 0. The number of pyridine rings is 1. The number of aromatic nitrogens is 1. The summed E-state index contributed by atoms with van der Waals surface area (Å²) in [6.45, 7) is 4.60. The molecule has 3 heteroatoms. The van der Waals surface area contributed by atoms with Crippen LogP contribution in [0.1, 0.15) is 44.1 Å². The number of hydrogen-bond donors (Lipinski definition) is 0. The number of ether oxygens (including phenoxy) is 1. The van der Waals surface area contributed by atoms with Gasteiger partial charge in [0.1, 0.15) is 0 Å². The van der Waals surface area contributed by atoms with Crippen molar-refractivity contribution in [3.8, 4) is 0 Å². The number of rotatable bonds is 8. The maximum absolute atomic E-state index is 5.83. The van der Waals surface area contributed by atoms with Gasteiger partial charge in [0, 0.05) is 32.1 Å². The van der Waals surface area contributed by atoms with Crippen LogP contribution in [0.3, 0.4) is 0 Å². The summed E-state index contributed by atoms with van der Waals surface area (Å²) in [5.74, 6) is 0.949. The highest BCUT2D eigenvalue weighted by Crippen LogP contribution is 2.27. The molecule has 0 spiro atoms. The maximum atomic E-state index is 5.83. The highest BCUT2D eigenvalue weighted by molar-refractivity contribution is 5.08. The van der Waals surface area contributed by atoms with Crippen molar-refractivity contribution in [3.63, 3.8) is 0 Å². The van der Waals surface area contributed by atoms with Gasteiger partial charge in [-0.05, 0) is 62.6 Å². The minimum absolute atomic E-state index is 0.489. The van der Waals surface area contributed by atoms with Crippen molar-refractivity contribution < 1.29 is 4.74 Å². The van der Waals surface area contributed by atoms with E-state index < -0.39 is 0 Å². The van der Waals surface area contributed by atoms with E-state index in [1.807, 2.05) is 18.5 Å². The van der Waals surface area contributed by atoms with Gasteiger partial charge in [0.15, 0.2) is 0 Å². The predicted octanol–water partition coefficient (Wildman–Crippen LogP) is 3.30. The molecule has 2 fully saturated rings. The molecule has 1 atom stereocenters. The van der Waals surface area contributed by atoms with E-state index in [4.69, 9.17) is 4.74 Å². The van der Waals surface area contributed by atoms with E-state index in [2.05, 4.69) is 16.0 Å². The molecule has 2 aliphatic rings. The lowest BCUT2D eigenvalue weighted by molar-refractivity contribution is 0.0607. The average molecular weight is 288 g/mol. The average Bonchev–Trinajstić information content (AvgIpc) is 2.96. The van der Waals surface area contributed by atoms with Gasteiger partial charge in [-0.15, -0.1) is 0 Å². The first-order valence-electron chi connectivity index (χ1n) is 8.63. The summed E-state index contributed by atoms with van der Waals surface area (Å²) in [7, 11) is 0. The largest absolute Gasteiger partial charge is 0.377 e. The fraction of sp³-hybridized carbons (Fsp3) is 0.722. The van der Waals surface area contributed by atoms with E-state index >= 15 is 0 Å². The lowest BCUT2D eigenvalue weighted by Crippen LogP contribution is -2.38. The Morgan fingerprint density at radius 3 is 2.81 bits per heavy atom. The second kappa shape index (κ2) is 7.90. The van der Waals surface area contributed by atoms with Gasteiger partial charge < -0.3 is 9.64 Å². The summed E-state index contributed by atoms with van der Waals surface area (Å²) in [5.41, 5.74) is 1.36. The predicted molar refractivity (Wildman–Crippen MR) is 85.3 cm³/mol. The fourth-order valence-electron chi connectivity index (χ4n) is 3.43. The Hall–Kier alpha value is -0.930. The second-order valence-electron chi connectivity index (χ2n) is 6.66. The summed E-state index contributed by atoms with van der Waals surface area (Å²) < 4.78 is 5.83. The lowest BCUT2D eigenvalue weighted by atomic mass is 9.85. The van der Waals surface area contributed by atoms with Crippen LogP contribution in [0.5, 0.6) is 0 Å². The smallest absolute Gasteiger partial charge is 0.0702 e. The van der Waals surface area contributed by atoms with Crippen molar-refractivity contribution >= 4 is 0 Å². The topological polar surface area (TPSA) is 25.4 Å². The molecule has 0 amide bonds. The van der Waals surface area contributed by atoms with Crippen molar-refractivity contribution in [1.29, 1.82) is 0 Å². The molecular formula is C18H28N2O. The maximum Gasteiger partial charge on any atom is 0.0702 e. The Bertz CT molecular complexity index is 399. The molecule has 0 aromatic carbocycles. The fourth-order valence-corrected chi connectivity index (χ4v) is 3.43. The second-order valence-corrected chi connectivity index (χ2v) is 6.66. The van der Waals surface area contributed by atoms with E-state index in [0.717, 1.165) is 25.5 Å². The molecule has 116 valence electrons. The van der Waals surface area contributed by atoms with Crippen LogP contribution in [0.4, 0.5) is 0 Å². The number of nitrogens with zero attached hydrogens (tertiary/aromatic N) is 2. The van der Waals surface area contributed by atoms with Crippen molar-refractivity contribution in [1.82, 2.24) is 9.88 Å². The Morgan fingerprint density at radius 2 is 2.14 bits per heavy atom. The van der Waals surface area contributed by atoms with E-state index in [9.17, 15) is 0 Å². The zero-order chi connectivity index (χ0) is 14.3. The van der Waals surface area contributed by atoms with Crippen molar-refractivity contribution in [2.24, 2.45) is 5.92 Å². The van der Waals surface area contributed by atoms with Crippen molar-refractivity contribution in [2.75, 3.05) is 26.2 Å². The van der Waals surface area contributed by atoms with Crippen LogP contribution in [-0.2, 0) is 11.2 Å². The molecule has 0 radical (unpaired) electrons. The Kier molecular flexibility index (Phi) is 5.64.